The molecule has 35 heavy (non-hydrogen) atoms. The molecule has 6 aliphatic rings. The van der Waals surface area contributed by atoms with E-state index in [1.165, 1.54) is 0 Å². The molecule has 0 aromatic carbocycles. The van der Waals surface area contributed by atoms with E-state index < -0.39 is 11.7 Å². The number of carbonyl (C=O) groups excluding carboxylic acids is 2. The van der Waals surface area contributed by atoms with Crippen molar-refractivity contribution in [3.05, 3.63) is 23.8 Å². The molecule has 4 saturated carbocycles. The predicted molar refractivity (Wildman–Crippen MR) is 132 cm³/mol. The summed E-state index contributed by atoms with van der Waals surface area (Å²) in [6, 6.07) is 0. The van der Waals surface area contributed by atoms with Gasteiger partial charge in [-0.3, -0.25) is 0 Å². The number of esters is 2. The number of aliphatic hydroxyl groups excluding tert-OH is 1. The molecule has 5 heteroatoms. The molecule has 4 aliphatic carbocycles. The lowest BCUT2D eigenvalue weighted by Crippen LogP contribution is -2.59. The van der Waals surface area contributed by atoms with Crippen LogP contribution in [0.3, 0.4) is 0 Å². The van der Waals surface area contributed by atoms with Gasteiger partial charge in [-0.2, -0.15) is 0 Å². The second-order valence-electron chi connectivity index (χ2n) is 14.0. The zero-order valence-corrected chi connectivity index (χ0v) is 22.2. The van der Waals surface area contributed by atoms with Crippen molar-refractivity contribution >= 4 is 11.9 Å². The number of aliphatic hydroxyl groups is 1. The third-order valence-corrected chi connectivity index (χ3v) is 12.5. The van der Waals surface area contributed by atoms with E-state index in [-0.39, 0.29) is 45.6 Å². The van der Waals surface area contributed by atoms with Crippen LogP contribution in [0.2, 0.25) is 0 Å². The fourth-order valence-corrected chi connectivity index (χ4v) is 10.7. The van der Waals surface area contributed by atoms with Gasteiger partial charge in [0.2, 0.25) is 0 Å². The molecule has 192 valence electrons. The maximum Gasteiger partial charge on any atom is 0.333 e. The van der Waals surface area contributed by atoms with Crippen LogP contribution in [0, 0.1) is 45.3 Å². The van der Waals surface area contributed by atoms with Gasteiger partial charge in [-0.25, -0.2) is 9.59 Å². The third-order valence-electron chi connectivity index (χ3n) is 12.5. The van der Waals surface area contributed by atoms with E-state index in [0.29, 0.717) is 17.8 Å². The first-order valence-corrected chi connectivity index (χ1v) is 13.8. The molecule has 0 aromatic rings. The summed E-state index contributed by atoms with van der Waals surface area (Å²) < 4.78 is 11.7. The summed E-state index contributed by atoms with van der Waals surface area (Å²) in [4.78, 5) is 24.7. The van der Waals surface area contributed by atoms with Crippen LogP contribution in [0.15, 0.2) is 23.8 Å². The number of fused-ring (bicyclic) bond motifs is 2. The monoisotopic (exact) mass is 482 g/mol. The topological polar surface area (TPSA) is 72.8 Å². The number of hydrogen-bond donors (Lipinski definition) is 1. The Balaban J connectivity index is 1.34. The van der Waals surface area contributed by atoms with Gasteiger partial charge in [0.15, 0.2) is 0 Å². The fourth-order valence-electron chi connectivity index (χ4n) is 10.7. The van der Waals surface area contributed by atoms with Crippen molar-refractivity contribution in [1.29, 1.82) is 0 Å². The van der Waals surface area contributed by atoms with E-state index >= 15 is 0 Å². The highest BCUT2D eigenvalue weighted by atomic mass is 16.6. The van der Waals surface area contributed by atoms with Crippen LogP contribution in [0.25, 0.3) is 0 Å². The number of ether oxygens (including phenoxy) is 2. The van der Waals surface area contributed by atoms with E-state index in [4.69, 9.17) is 9.47 Å². The number of hydrogen-bond acceptors (Lipinski definition) is 5. The molecule has 0 unspecified atom stereocenters. The summed E-state index contributed by atoms with van der Waals surface area (Å²) in [6.45, 7) is 13.1. The lowest BCUT2D eigenvalue weighted by atomic mass is 9.43. The average Bonchev–Trinajstić information content (AvgIpc) is 3.37. The van der Waals surface area contributed by atoms with Gasteiger partial charge >= 0.3 is 11.9 Å². The van der Waals surface area contributed by atoms with Crippen molar-refractivity contribution in [2.75, 3.05) is 0 Å². The average molecular weight is 483 g/mol. The first-order chi connectivity index (χ1) is 16.3. The Kier molecular flexibility index (Phi) is 4.77. The highest BCUT2D eigenvalue weighted by Crippen LogP contribution is 2.87. The molecule has 0 radical (unpaired) electrons. The molecule has 2 aliphatic heterocycles. The summed E-state index contributed by atoms with van der Waals surface area (Å²) in [5.41, 5.74) is 0.278. The minimum absolute atomic E-state index is 0.0476. The Bertz CT molecular complexity index is 1040. The molecule has 2 spiro atoms. The third kappa shape index (κ3) is 2.80. The van der Waals surface area contributed by atoms with Crippen LogP contribution < -0.4 is 0 Å². The minimum atomic E-state index is -0.681. The first kappa shape index (κ1) is 23.8. The van der Waals surface area contributed by atoms with Gasteiger partial charge in [-0.1, -0.05) is 32.9 Å². The van der Waals surface area contributed by atoms with Crippen LogP contribution in [0.5, 0.6) is 0 Å². The minimum Gasteiger partial charge on any atom is -0.458 e. The van der Waals surface area contributed by atoms with Crippen molar-refractivity contribution in [3.63, 3.8) is 0 Å². The zero-order valence-electron chi connectivity index (χ0n) is 22.2. The number of rotatable bonds is 2. The van der Waals surface area contributed by atoms with Crippen molar-refractivity contribution in [3.8, 4) is 0 Å². The Labute approximate surface area is 209 Å². The van der Waals surface area contributed by atoms with E-state index in [1.807, 2.05) is 20.8 Å². The number of carbonyl (C=O) groups is 2. The van der Waals surface area contributed by atoms with Gasteiger partial charge in [-0.05, 0) is 93.3 Å². The fraction of sp³-hybridized carbons (Fsp3) is 0.800. The zero-order chi connectivity index (χ0) is 25.2. The van der Waals surface area contributed by atoms with Crippen LogP contribution >= 0.6 is 0 Å². The molecule has 0 saturated heterocycles. The molecule has 1 N–H and O–H groups in total. The molecule has 4 fully saturated rings. The van der Waals surface area contributed by atoms with Gasteiger partial charge in [0.1, 0.15) is 11.7 Å². The number of allylic oxidation sites excluding steroid dienone is 1. The van der Waals surface area contributed by atoms with Crippen molar-refractivity contribution < 1.29 is 24.2 Å². The highest BCUT2D eigenvalue weighted by Gasteiger charge is 2.83. The van der Waals surface area contributed by atoms with E-state index in [1.54, 1.807) is 6.08 Å². The molecule has 5 nitrogen and oxygen atoms in total. The summed E-state index contributed by atoms with van der Waals surface area (Å²) in [5.74, 6) is 0.711. The lowest BCUT2D eigenvalue weighted by molar-refractivity contribution is -0.188. The maximum atomic E-state index is 12.4. The standard InChI is InChI=1S/C30H42O5/c1-17-7-8-21(34-25(17)33)18(2)19-9-11-28(6)22-15-20(31)24-26(3,4)35-23(32)10-12-30(24)16-29(22,30)14-13-27(19,28)5/h7,10,12,18-22,24,31H,8-9,11,13-16H2,1-6H3/t18-,19+,20+,21-,22-,24-,27+,28-,29-,30-/m0/s1. The molecular formula is C30H42O5. The molecule has 6 rings (SSSR count). The van der Waals surface area contributed by atoms with Gasteiger partial charge in [0.05, 0.1) is 6.10 Å². The Hall–Kier alpha value is -1.62. The molecule has 0 bridgehead atoms. The quantitative estimate of drug-likeness (QED) is 0.536. The Morgan fingerprint density at radius 1 is 1.09 bits per heavy atom. The van der Waals surface area contributed by atoms with Crippen LogP contribution in [-0.2, 0) is 19.1 Å². The van der Waals surface area contributed by atoms with E-state index in [9.17, 15) is 14.7 Å². The summed E-state index contributed by atoms with van der Waals surface area (Å²) in [5, 5.41) is 11.6. The first-order valence-electron chi connectivity index (χ1n) is 13.8. The summed E-state index contributed by atoms with van der Waals surface area (Å²) in [6.07, 6.45) is 12.5. The van der Waals surface area contributed by atoms with Gasteiger partial charge in [0.25, 0.3) is 0 Å². The van der Waals surface area contributed by atoms with Gasteiger partial charge in [0, 0.05) is 29.4 Å². The molecule has 10 atom stereocenters. The maximum absolute atomic E-state index is 12.4. The molecule has 2 heterocycles. The van der Waals surface area contributed by atoms with E-state index in [2.05, 4.69) is 32.9 Å². The summed E-state index contributed by atoms with van der Waals surface area (Å²) in [7, 11) is 0. The van der Waals surface area contributed by atoms with Crippen LogP contribution in [0.1, 0.15) is 86.5 Å². The highest BCUT2D eigenvalue weighted by molar-refractivity contribution is 5.88. The smallest absolute Gasteiger partial charge is 0.333 e. The SMILES string of the molecule is CC1=CC[C@@H]([C@@H](C)[C@H]2CC[C@@]3(C)[C@@H]4C[C@@H](O)[C@H]5C(C)(C)OC(=O)C=C[C@]56C[C@@]46CC[C@]23C)OC1=O. The van der Waals surface area contributed by atoms with Crippen molar-refractivity contribution in [2.24, 2.45) is 45.3 Å². The van der Waals surface area contributed by atoms with Crippen LogP contribution in [-0.4, -0.2) is 34.9 Å². The number of cyclic esters (lactones) is 2. The van der Waals surface area contributed by atoms with Gasteiger partial charge in [-0.15, -0.1) is 0 Å². The van der Waals surface area contributed by atoms with Crippen LogP contribution in [0.4, 0.5) is 0 Å². The normalized spacial score (nSPS) is 52.5. The molecule has 0 amide bonds. The Morgan fingerprint density at radius 3 is 2.54 bits per heavy atom. The van der Waals surface area contributed by atoms with E-state index in [0.717, 1.165) is 50.5 Å². The second kappa shape index (κ2) is 7.02. The predicted octanol–water partition coefficient (Wildman–Crippen LogP) is 5.37. The molecule has 0 aromatic heterocycles. The Morgan fingerprint density at radius 2 is 1.83 bits per heavy atom. The lowest BCUT2D eigenvalue weighted by Gasteiger charge is -2.62. The van der Waals surface area contributed by atoms with Gasteiger partial charge < -0.3 is 14.6 Å². The van der Waals surface area contributed by atoms with Crippen molar-refractivity contribution in [2.45, 2.75) is 104 Å². The summed E-state index contributed by atoms with van der Waals surface area (Å²) >= 11 is 0. The molecular weight excluding hydrogens is 440 g/mol. The second-order valence-corrected chi connectivity index (χ2v) is 14.0. The largest absolute Gasteiger partial charge is 0.458 e. The van der Waals surface area contributed by atoms with Crippen molar-refractivity contribution in [1.82, 2.24) is 0 Å².